The third-order valence-electron chi connectivity index (χ3n) is 4.61. The Kier molecular flexibility index (Phi) is 4.98. The number of carbonyl (C=O) groups is 1. The molecule has 0 saturated heterocycles. The van der Waals surface area contributed by atoms with Crippen LogP contribution in [0.2, 0.25) is 0 Å². The molecule has 3 heterocycles. The van der Waals surface area contributed by atoms with Crippen LogP contribution in [0.1, 0.15) is 27.4 Å². The van der Waals surface area contributed by atoms with Crippen molar-refractivity contribution in [2.24, 2.45) is 0 Å². The summed E-state index contributed by atoms with van der Waals surface area (Å²) < 4.78 is 14.9. The molecule has 0 unspecified atom stereocenters. The molecule has 4 aromatic rings. The van der Waals surface area contributed by atoms with Crippen molar-refractivity contribution in [2.45, 2.75) is 26.7 Å². The first kappa shape index (κ1) is 19.0. The molecule has 0 radical (unpaired) electrons. The lowest BCUT2D eigenvalue weighted by atomic mass is 10.1. The highest BCUT2D eigenvalue weighted by molar-refractivity contribution is 7.15. The van der Waals surface area contributed by atoms with Gasteiger partial charge < -0.3 is 5.32 Å². The summed E-state index contributed by atoms with van der Waals surface area (Å²) in [6.45, 7) is 3.65. The summed E-state index contributed by atoms with van der Waals surface area (Å²) in [5, 5.41) is 5.96. The Morgan fingerprint density at radius 2 is 2.14 bits per heavy atom. The summed E-state index contributed by atoms with van der Waals surface area (Å²) >= 11 is 1.35. The van der Waals surface area contributed by atoms with E-state index in [1.165, 1.54) is 29.5 Å². The second-order valence-electron chi connectivity index (χ2n) is 6.74. The fourth-order valence-corrected chi connectivity index (χ4v) is 4.09. The summed E-state index contributed by atoms with van der Waals surface area (Å²) in [7, 11) is 0. The number of halogens is 1. The van der Waals surface area contributed by atoms with Gasteiger partial charge in [0.05, 0.1) is 6.42 Å². The summed E-state index contributed by atoms with van der Waals surface area (Å²) in [5.41, 5.74) is 3.33. The molecule has 0 fully saturated rings. The molecule has 1 aromatic carbocycles. The number of carbonyl (C=O) groups excluding carboxylic acids is 1. The van der Waals surface area contributed by atoms with Crippen molar-refractivity contribution in [3.8, 4) is 0 Å². The van der Waals surface area contributed by atoms with E-state index in [1.807, 2.05) is 19.9 Å². The van der Waals surface area contributed by atoms with Crippen molar-refractivity contribution < 1.29 is 9.18 Å². The van der Waals surface area contributed by atoms with E-state index in [-0.39, 0.29) is 23.7 Å². The lowest BCUT2D eigenvalue weighted by molar-refractivity contribution is -0.115. The lowest BCUT2D eigenvalue weighted by Gasteiger charge is -2.11. The van der Waals surface area contributed by atoms with E-state index in [1.54, 1.807) is 16.8 Å². The van der Waals surface area contributed by atoms with Crippen LogP contribution in [-0.4, -0.2) is 25.5 Å². The number of nitrogens with zero attached hydrogens (tertiary/aromatic N) is 3. The largest absolute Gasteiger partial charge is 0.302 e. The molecule has 0 spiro atoms. The van der Waals surface area contributed by atoms with E-state index in [4.69, 9.17) is 0 Å². The van der Waals surface area contributed by atoms with Crippen LogP contribution < -0.4 is 10.9 Å². The van der Waals surface area contributed by atoms with Crippen LogP contribution in [0.15, 0.2) is 41.3 Å². The van der Waals surface area contributed by atoms with Gasteiger partial charge in [-0.1, -0.05) is 12.1 Å². The molecule has 29 heavy (non-hydrogen) atoms. The second kappa shape index (κ2) is 7.59. The predicted octanol–water partition coefficient (Wildman–Crippen LogP) is 3.01. The molecule has 7 nitrogen and oxygen atoms in total. The first-order chi connectivity index (χ1) is 13.9. The van der Waals surface area contributed by atoms with E-state index in [0.29, 0.717) is 22.9 Å². The number of amides is 1. The van der Waals surface area contributed by atoms with Crippen LogP contribution in [0.4, 0.5) is 9.52 Å². The Morgan fingerprint density at radius 1 is 1.31 bits per heavy atom. The molecule has 0 atom stereocenters. The third kappa shape index (κ3) is 4.09. The zero-order chi connectivity index (χ0) is 20.5. The minimum atomic E-state index is -0.277. The fraction of sp³-hybridized carbons (Fsp3) is 0.200. The Balaban J connectivity index is 1.47. The van der Waals surface area contributed by atoms with E-state index < -0.39 is 0 Å². The van der Waals surface area contributed by atoms with Gasteiger partial charge in [-0.15, -0.1) is 11.3 Å². The number of aromatic amines is 1. The highest BCUT2D eigenvalue weighted by Gasteiger charge is 2.15. The van der Waals surface area contributed by atoms with Gasteiger partial charge in [0.1, 0.15) is 5.82 Å². The molecule has 0 aliphatic rings. The van der Waals surface area contributed by atoms with E-state index >= 15 is 0 Å². The molecule has 1 amide bonds. The van der Waals surface area contributed by atoms with Gasteiger partial charge in [0, 0.05) is 40.5 Å². The van der Waals surface area contributed by atoms with Gasteiger partial charge in [0.2, 0.25) is 5.91 Å². The average Bonchev–Trinajstić information content (AvgIpc) is 3.24. The number of hydrogen-bond acceptors (Lipinski definition) is 5. The molecular weight excluding hydrogens is 393 g/mol. The summed E-state index contributed by atoms with van der Waals surface area (Å²) in [6, 6.07) is 7.82. The van der Waals surface area contributed by atoms with Crippen LogP contribution in [0.3, 0.4) is 0 Å². The smallest absolute Gasteiger partial charge is 0.266 e. The Labute approximate surface area is 169 Å². The number of H-pyrrole nitrogens is 1. The van der Waals surface area contributed by atoms with Crippen LogP contribution in [0, 0.1) is 19.7 Å². The molecule has 0 aliphatic carbocycles. The van der Waals surface area contributed by atoms with Gasteiger partial charge in [0.15, 0.2) is 10.8 Å². The maximum atomic E-state index is 13.3. The maximum Gasteiger partial charge on any atom is 0.266 e. The van der Waals surface area contributed by atoms with E-state index in [2.05, 4.69) is 20.4 Å². The van der Waals surface area contributed by atoms with Crippen LogP contribution in [0.5, 0.6) is 0 Å². The lowest BCUT2D eigenvalue weighted by Crippen LogP contribution is -2.17. The number of nitrogens with one attached hydrogen (secondary N) is 2. The quantitative estimate of drug-likeness (QED) is 0.528. The number of aryl methyl sites for hydroxylation is 2. The van der Waals surface area contributed by atoms with Gasteiger partial charge in [0.25, 0.3) is 5.56 Å². The van der Waals surface area contributed by atoms with Gasteiger partial charge in [-0.3, -0.25) is 14.7 Å². The number of anilines is 1. The van der Waals surface area contributed by atoms with Gasteiger partial charge in [-0.2, -0.15) is 0 Å². The number of thiazole rings is 1. The molecule has 3 aromatic heterocycles. The predicted molar refractivity (Wildman–Crippen MR) is 109 cm³/mol. The van der Waals surface area contributed by atoms with Crippen molar-refractivity contribution in [3.05, 3.63) is 80.1 Å². The Hall–Kier alpha value is -3.33. The highest BCUT2D eigenvalue weighted by atomic mass is 32.1. The van der Waals surface area contributed by atoms with Gasteiger partial charge in [-0.05, 0) is 31.5 Å². The molecule has 148 valence electrons. The number of rotatable bonds is 5. The van der Waals surface area contributed by atoms with Gasteiger partial charge >= 0.3 is 0 Å². The molecule has 0 saturated carbocycles. The summed E-state index contributed by atoms with van der Waals surface area (Å²) in [4.78, 5) is 33.6. The van der Waals surface area contributed by atoms with Crippen LogP contribution in [-0.2, 0) is 17.6 Å². The number of fused-ring (bicyclic) bond motifs is 1. The molecule has 9 heteroatoms. The monoisotopic (exact) mass is 411 g/mol. The maximum absolute atomic E-state index is 13.3. The fourth-order valence-electron chi connectivity index (χ4n) is 3.23. The molecule has 0 bridgehead atoms. The number of aromatic nitrogens is 4. The van der Waals surface area contributed by atoms with Crippen molar-refractivity contribution >= 4 is 28.0 Å². The number of benzene rings is 1. The zero-order valence-electron chi connectivity index (χ0n) is 15.8. The van der Waals surface area contributed by atoms with Crippen molar-refractivity contribution in [1.82, 2.24) is 19.6 Å². The SMILES string of the molecule is Cc1nc2cc(=O)[nH]n2c(C)c1CC(=O)Nc1ncc(Cc2cccc(F)c2)s1. The van der Waals surface area contributed by atoms with E-state index in [9.17, 15) is 14.0 Å². The topological polar surface area (TPSA) is 92.1 Å². The highest BCUT2D eigenvalue weighted by Crippen LogP contribution is 2.22. The average molecular weight is 411 g/mol. The molecule has 2 N–H and O–H groups in total. The van der Waals surface area contributed by atoms with Gasteiger partial charge in [-0.25, -0.2) is 18.9 Å². The Morgan fingerprint density at radius 3 is 2.93 bits per heavy atom. The first-order valence-electron chi connectivity index (χ1n) is 8.96. The first-order valence-corrected chi connectivity index (χ1v) is 9.77. The van der Waals surface area contributed by atoms with Crippen molar-refractivity contribution in [1.29, 1.82) is 0 Å². The molecule has 4 rings (SSSR count). The molecule has 0 aliphatic heterocycles. The van der Waals surface area contributed by atoms with Crippen LogP contribution >= 0.6 is 11.3 Å². The zero-order valence-corrected chi connectivity index (χ0v) is 16.6. The normalized spacial score (nSPS) is 11.1. The summed E-state index contributed by atoms with van der Waals surface area (Å²) in [5.74, 6) is -0.501. The third-order valence-corrected chi connectivity index (χ3v) is 5.52. The van der Waals surface area contributed by atoms with Crippen molar-refractivity contribution in [2.75, 3.05) is 5.32 Å². The molecular formula is C20H18FN5O2S. The minimum Gasteiger partial charge on any atom is -0.302 e. The second-order valence-corrected chi connectivity index (χ2v) is 7.85. The van der Waals surface area contributed by atoms with E-state index in [0.717, 1.165) is 21.7 Å². The minimum absolute atomic E-state index is 0.111. The number of hydrogen-bond donors (Lipinski definition) is 2. The Bertz CT molecular complexity index is 1270. The summed E-state index contributed by atoms with van der Waals surface area (Å²) in [6.07, 6.45) is 2.34. The standard InChI is InChI=1S/C20H18FN5O2S/c1-11-16(12(2)26-17(23-11)9-19(28)25-26)8-18(27)24-20-22-10-15(29-20)7-13-4-3-5-14(21)6-13/h3-6,9-10H,7-8H2,1-2H3,(H,25,28)(H,22,24,27). The van der Waals surface area contributed by atoms with Crippen LogP contribution in [0.25, 0.3) is 5.65 Å². The van der Waals surface area contributed by atoms with Crippen molar-refractivity contribution in [3.63, 3.8) is 0 Å².